The van der Waals surface area contributed by atoms with Crippen molar-refractivity contribution < 1.29 is 0 Å². The van der Waals surface area contributed by atoms with E-state index in [0.29, 0.717) is 0 Å². The van der Waals surface area contributed by atoms with Crippen molar-refractivity contribution >= 4 is 34.0 Å². The van der Waals surface area contributed by atoms with Gasteiger partial charge >= 0.3 is 0 Å². The Labute approximate surface area is 138 Å². The van der Waals surface area contributed by atoms with Gasteiger partial charge in [-0.25, -0.2) is 0 Å². The molecule has 0 aliphatic carbocycles. The molecule has 0 bridgehead atoms. The van der Waals surface area contributed by atoms with E-state index in [1.165, 1.54) is 41.1 Å². The third-order valence-corrected chi connectivity index (χ3v) is 6.52. The minimum Gasteiger partial charge on any atom is -0.145 e. The fourth-order valence-electron chi connectivity index (χ4n) is 2.62. The van der Waals surface area contributed by atoms with Gasteiger partial charge in [-0.15, -0.1) is 40.4 Å². The van der Waals surface area contributed by atoms with Crippen LogP contribution in [-0.2, 0) is 0 Å². The van der Waals surface area contributed by atoms with E-state index in [0.717, 1.165) is 4.88 Å². The first-order valence-electron chi connectivity index (χ1n) is 6.75. The molecule has 0 fully saturated rings. The van der Waals surface area contributed by atoms with Crippen LogP contribution in [-0.4, -0.2) is 0 Å². The van der Waals surface area contributed by atoms with Crippen LogP contribution in [0.2, 0.25) is 0 Å². The van der Waals surface area contributed by atoms with Gasteiger partial charge < -0.3 is 0 Å². The molecule has 0 saturated heterocycles. The Morgan fingerprint density at radius 1 is 0.762 bits per heavy atom. The van der Waals surface area contributed by atoms with Crippen LogP contribution in [0.25, 0.3) is 21.6 Å². The van der Waals surface area contributed by atoms with E-state index in [9.17, 15) is 0 Å². The van der Waals surface area contributed by atoms with E-state index in [4.69, 9.17) is 6.42 Å². The molecule has 21 heavy (non-hydrogen) atoms. The van der Waals surface area contributed by atoms with E-state index in [-0.39, 0.29) is 0 Å². The lowest BCUT2D eigenvalue weighted by molar-refractivity contribution is 1.57. The zero-order valence-corrected chi connectivity index (χ0v) is 15.0. The Hall–Kier alpha value is -1.34. The molecule has 106 valence electrons. The molecule has 0 amide bonds. The maximum Gasteiger partial charge on any atom is 0.0778 e. The molecule has 3 aromatic rings. The van der Waals surface area contributed by atoms with Crippen LogP contribution < -0.4 is 0 Å². The second-order valence-corrected chi connectivity index (χ2v) is 9.12. The zero-order chi connectivity index (χ0) is 15.1. The third-order valence-electron chi connectivity index (χ3n) is 3.49. The molecule has 3 heterocycles. The van der Waals surface area contributed by atoms with Gasteiger partial charge in [-0.2, -0.15) is 0 Å². The van der Waals surface area contributed by atoms with E-state index in [1.54, 1.807) is 11.3 Å². The van der Waals surface area contributed by atoms with Gasteiger partial charge in [-0.05, 0) is 51.5 Å². The summed E-state index contributed by atoms with van der Waals surface area (Å²) in [7, 11) is 0. The molecular weight excluding hydrogens is 312 g/mol. The van der Waals surface area contributed by atoms with E-state index in [1.807, 2.05) is 22.7 Å². The van der Waals surface area contributed by atoms with Crippen molar-refractivity contribution in [2.75, 3.05) is 0 Å². The third kappa shape index (κ3) is 2.60. The summed E-state index contributed by atoms with van der Waals surface area (Å²) in [6.07, 6.45) is 5.64. The lowest BCUT2D eigenvalue weighted by atomic mass is 10.0. The molecule has 0 aliphatic heterocycles. The molecule has 0 unspecified atom stereocenters. The van der Waals surface area contributed by atoms with Crippen LogP contribution in [0.3, 0.4) is 0 Å². The molecular formula is C18H16S3. The Morgan fingerprint density at radius 2 is 1.33 bits per heavy atom. The summed E-state index contributed by atoms with van der Waals surface area (Å²) in [5.41, 5.74) is 3.95. The Balaban J connectivity index is 2.26. The summed E-state index contributed by atoms with van der Waals surface area (Å²) in [5.74, 6) is 2.81. The van der Waals surface area contributed by atoms with Crippen molar-refractivity contribution in [3.05, 3.63) is 42.6 Å². The lowest BCUT2D eigenvalue weighted by Gasteiger charge is -2.03. The van der Waals surface area contributed by atoms with Gasteiger partial charge in [0.15, 0.2) is 0 Å². The van der Waals surface area contributed by atoms with Crippen molar-refractivity contribution in [2.45, 2.75) is 27.7 Å². The predicted molar refractivity (Wildman–Crippen MR) is 97.8 cm³/mol. The normalized spacial score (nSPS) is 10.8. The highest BCUT2D eigenvalue weighted by atomic mass is 32.1. The van der Waals surface area contributed by atoms with Gasteiger partial charge in [-0.1, -0.05) is 5.92 Å². The molecule has 3 heteroatoms. The van der Waals surface area contributed by atoms with Crippen LogP contribution in [0.1, 0.15) is 24.4 Å². The Morgan fingerprint density at radius 3 is 1.81 bits per heavy atom. The smallest absolute Gasteiger partial charge is 0.0778 e. The maximum atomic E-state index is 5.64. The van der Waals surface area contributed by atoms with E-state index >= 15 is 0 Å². The van der Waals surface area contributed by atoms with Crippen LogP contribution in [0.5, 0.6) is 0 Å². The van der Waals surface area contributed by atoms with E-state index in [2.05, 4.69) is 51.8 Å². The first-order valence-corrected chi connectivity index (χ1v) is 9.19. The Bertz CT molecular complexity index is 786. The van der Waals surface area contributed by atoms with Gasteiger partial charge in [0.1, 0.15) is 0 Å². The molecule has 0 aromatic carbocycles. The molecule has 0 spiro atoms. The second-order valence-electron chi connectivity index (χ2n) is 5.15. The van der Waals surface area contributed by atoms with Gasteiger partial charge in [0.05, 0.1) is 4.88 Å². The monoisotopic (exact) mass is 328 g/mol. The van der Waals surface area contributed by atoms with Gasteiger partial charge in [0.2, 0.25) is 0 Å². The maximum absolute atomic E-state index is 5.64. The number of hydrogen-bond donors (Lipinski definition) is 0. The summed E-state index contributed by atoms with van der Waals surface area (Å²) in [6.45, 7) is 8.71. The van der Waals surface area contributed by atoms with Crippen molar-refractivity contribution in [2.24, 2.45) is 0 Å². The fourth-order valence-corrected chi connectivity index (χ4v) is 5.61. The highest BCUT2D eigenvalue weighted by Crippen LogP contribution is 2.44. The molecule has 0 radical (unpaired) electrons. The average molecular weight is 329 g/mol. The number of terminal acetylenes is 1. The lowest BCUT2D eigenvalue weighted by Crippen LogP contribution is -1.78. The molecule has 3 aromatic heterocycles. The van der Waals surface area contributed by atoms with Crippen LogP contribution in [0, 0.1) is 40.0 Å². The largest absolute Gasteiger partial charge is 0.145 e. The minimum absolute atomic E-state index is 1.01. The highest BCUT2D eigenvalue weighted by molar-refractivity contribution is 7.18. The summed E-state index contributed by atoms with van der Waals surface area (Å²) in [4.78, 5) is 7.74. The standard InChI is InChI=1S/C18H16S3/c1-6-14-9-17(15-7-10(2)19-12(15)4)18(21-14)16-8-11(3)20-13(16)5/h1,7-9H,2-5H3. The van der Waals surface area contributed by atoms with Crippen molar-refractivity contribution in [1.29, 1.82) is 0 Å². The summed E-state index contributed by atoms with van der Waals surface area (Å²) < 4.78 is 0. The Kier molecular flexibility index (Phi) is 3.79. The fraction of sp³-hybridized carbons (Fsp3) is 0.222. The second kappa shape index (κ2) is 5.46. The number of thiophene rings is 3. The highest BCUT2D eigenvalue weighted by Gasteiger charge is 2.18. The van der Waals surface area contributed by atoms with E-state index < -0.39 is 0 Å². The molecule has 0 aliphatic rings. The molecule has 0 nitrogen and oxygen atoms in total. The van der Waals surface area contributed by atoms with Crippen molar-refractivity contribution in [3.63, 3.8) is 0 Å². The SMILES string of the molecule is C#Cc1cc(-c2cc(C)sc2C)c(-c2cc(C)sc2C)s1. The van der Waals surface area contributed by atoms with Gasteiger partial charge in [0, 0.05) is 35.5 Å². The summed E-state index contributed by atoms with van der Waals surface area (Å²) in [5, 5.41) is 0. The van der Waals surface area contributed by atoms with Gasteiger partial charge in [-0.3, -0.25) is 0 Å². The topological polar surface area (TPSA) is 0 Å². The number of aryl methyl sites for hydroxylation is 4. The van der Waals surface area contributed by atoms with Crippen molar-refractivity contribution in [3.8, 4) is 33.9 Å². The predicted octanol–water partition coefficient (Wildman–Crippen LogP) is 6.42. The summed E-state index contributed by atoms with van der Waals surface area (Å²) in [6, 6.07) is 6.73. The summed E-state index contributed by atoms with van der Waals surface area (Å²) >= 11 is 5.43. The van der Waals surface area contributed by atoms with Crippen LogP contribution in [0.4, 0.5) is 0 Å². The zero-order valence-electron chi connectivity index (χ0n) is 12.5. The van der Waals surface area contributed by atoms with Crippen molar-refractivity contribution in [1.82, 2.24) is 0 Å². The van der Waals surface area contributed by atoms with Gasteiger partial charge in [0.25, 0.3) is 0 Å². The molecule has 0 N–H and O–H groups in total. The van der Waals surface area contributed by atoms with Crippen LogP contribution in [0.15, 0.2) is 18.2 Å². The number of hydrogen-bond acceptors (Lipinski definition) is 3. The minimum atomic E-state index is 1.01. The average Bonchev–Trinajstić information content (AvgIpc) is 3.06. The number of rotatable bonds is 2. The molecule has 3 rings (SSSR count). The molecule has 0 atom stereocenters. The first kappa shape index (κ1) is 14.6. The quantitative estimate of drug-likeness (QED) is 0.476. The molecule has 0 saturated carbocycles. The first-order chi connectivity index (χ1) is 9.99. The van der Waals surface area contributed by atoms with Crippen LogP contribution >= 0.6 is 34.0 Å².